The van der Waals surface area contributed by atoms with Gasteiger partial charge in [-0.15, -0.1) is 0 Å². The van der Waals surface area contributed by atoms with E-state index < -0.39 is 11.8 Å². The van der Waals surface area contributed by atoms with Gasteiger partial charge in [-0.25, -0.2) is 5.43 Å². The van der Waals surface area contributed by atoms with E-state index in [0.29, 0.717) is 10.8 Å². The number of hydrazone groups is 1. The van der Waals surface area contributed by atoms with Gasteiger partial charge in [-0.05, 0) is 48.9 Å². The second kappa shape index (κ2) is 10.2. The Morgan fingerprint density at radius 2 is 1.76 bits per heavy atom. The van der Waals surface area contributed by atoms with Crippen molar-refractivity contribution in [2.24, 2.45) is 5.10 Å². The molecule has 0 atom stereocenters. The maximum absolute atomic E-state index is 12.0. The zero-order valence-electron chi connectivity index (χ0n) is 18.0. The minimum absolute atomic E-state index is 0.205. The van der Waals surface area contributed by atoms with Crippen LogP contribution in [0.2, 0.25) is 5.02 Å². The number of benzene rings is 3. The summed E-state index contributed by atoms with van der Waals surface area (Å²) in [4.78, 5) is 23.8. The van der Waals surface area contributed by atoms with Gasteiger partial charge in [-0.1, -0.05) is 41.9 Å². The Hall–Kier alpha value is -3.84. The number of nitrogens with zero attached hydrogens (tertiary/aromatic N) is 2. The minimum Gasteiger partial charge on any atom is -0.484 e. The molecular weight excluding hydrogens is 440 g/mol. The van der Waals surface area contributed by atoms with Crippen molar-refractivity contribution in [3.05, 3.63) is 77.3 Å². The fourth-order valence-corrected chi connectivity index (χ4v) is 3.74. The number of rotatable bonds is 8. The molecular formula is C25H23ClN4O3. The summed E-state index contributed by atoms with van der Waals surface area (Å²) in [5, 5.41) is 9.46. The molecule has 0 aliphatic carbocycles. The smallest absolute Gasteiger partial charge is 0.259 e. The van der Waals surface area contributed by atoms with Crippen LogP contribution in [0.5, 0.6) is 5.75 Å². The largest absolute Gasteiger partial charge is 0.484 e. The first-order valence-corrected chi connectivity index (χ1v) is 10.9. The molecule has 168 valence electrons. The number of nitrogens with one attached hydrogen (secondary N) is 2. The molecule has 4 aromatic rings. The van der Waals surface area contributed by atoms with Gasteiger partial charge in [-0.2, -0.15) is 5.10 Å². The van der Waals surface area contributed by atoms with Gasteiger partial charge in [0.1, 0.15) is 5.75 Å². The second-order valence-electron chi connectivity index (χ2n) is 7.35. The van der Waals surface area contributed by atoms with Crippen LogP contribution in [0.15, 0.2) is 71.8 Å². The molecule has 0 spiro atoms. The zero-order chi connectivity index (χ0) is 23.2. The van der Waals surface area contributed by atoms with Crippen LogP contribution in [0.1, 0.15) is 12.5 Å². The van der Waals surface area contributed by atoms with Crippen molar-refractivity contribution in [1.29, 1.82) is 0 Å². The average Bonchev–Trinajstić information content (AvgIpc) is 3.15. The Morgan fingerprint density at radius 1 is 1.00 bits per heavy atom. The molecule has 0 radical (unpaired) electrons. The van der Waals surface area contributed by atoms with Crippen LogP contribution in [-0.2, 0) is 16.1 Å². The molecule has 7 nitrogen and oxygen atoms in total. The molecule has 8 heteroatoms. The molecule has 0 saturated heterocycles. The fraction of sp³-hybridized carbons (Fsp3) is 0.160. The van der Waals surface area contributed by atoms with Crippen molar-refractivity contribution in [3.63, 3.8) is 0 Å². The average molecular weight is 463 g/mol. The highest BCUT2D eigenvalue weighted by atomic mass is 35.5. The number of hydrogen-bond acceptors (Lipinski definition) is 4. The normalized spacial score (nSPS) is 11.2. The van der Waals surface area contributed by atoms with E-state index in [2.05, 4.69) is 45.5 Å². The Kier molecular flexibility index (Phi) is 6.90. The summed E-state index contributed by atoms with van der Waals surface area (Å²) >= 11 is 5.80. The van der Waals surface area contributed by atoms with Crippen LogP contribution >= 0.6 is 11.6 Å². The molecule has 0 fully saturated rings. The highest BCUT2D eigenvalue weighted by molar-refractivity contribution is 6.30. The SMILES string of the molecule is CCn1c2ccccc2c2ccc(/C=N\NC(=O)CNC(=O)COc3ccc(Cl)cc3)cc21. The number of amides is 2. The number of aromatic nitrogens is 1. The van der Waals surface area contributed by atoms with E-state index in [9.17, 15) is 9.59 Å². The van der Waals surface area contributed by atoms with Crippen molar-refractivity contribution in [2.75, 3.05) is 13.2 Å². The molecule has 4 rings (SSSR count). The molecule has 0 aliphatic heterocycles. The summed E-state index contributed by atoms with van der Waals surface area (Å²) in [6, 6.07) is 21.0. The minimum atomic E-state index is -0.435. The molecule has 2 amide bonds. The topological polar surface area (TPSA) is 84.7 Å². The Labute approximate surface area is 196 Å². The first-order chi connectivity index (χ1) is 16.0. The zero-order valence-corrected chi connectivity index (χ0v) is 18.8. The number of para-hydroxylation sites is 1. The van der Waals surface area contributed by atoms with E-state index >= 15 is 0 Å². The maximum atomic E-state index is 12.0. The monoisotopic (exact) mass is 462 g/mol. The highest BCUT2D eigenvalue weighted by Crippen LogP contribution is 2.29. The summed E-state index contributed by atoms with van der Waals surface area (Å²) in [6.07, 6.45) is 1.58. The summed E-state index contributed by atoms with van der Waals surface area (Å²) in [5.74, 6) is -0.334. The van der Waals surface area contributed by atoms with Crippen LogP contribution in [0.4, 0.5) is 0 Å². The molecule has 2 N–H and O–H groups in total. The number of ether oxygens (including phenoxy) is 1. The summed E-state index contributed by atoms with van der Waals surface area (Å²) in [5.41, 5.74) is 5.59. The molecule has 0 aliphatic rings. The number of hydrogen-bond donors (Lipinski definition) is 2. The van der Waals surface area contributed by atoms with Gasteiger partial charge < -0.3 is 14.6 Å². The molecule has 33 heavy (non-hydrogen) atoms. The highest BCUT2D eigenvalue weighted by Gasteiger charge is 2.09. The lowest BCUT2D eigenvalue weighted by atomic mass is 10.1. The van der Waals surface area contributed by atoms with Crippen LogP contribution in [0, 0.1) is 0 Å². The van der Waals surface area contributed by atoms with Crippen molar-refractivity contribution >= 4 is 51.4 Å². The molecule has 0 bridgehead atoms. The Morgan fingerprint density at radius 3 is 2.55 bits per heavy atom. The van der Waals surface area contributed by atoms with Crippen molar-refractivity contribution in [2.45, 2.75) is 13.5 Å². The van der Waals surface area contributed by atoms with E-state index in [1.807, 2.05) is 24.3 Å². The van der Waals surface area contributed by atoms with Gasteiger partial charge in [0, 0.05) is 33.4 Å². The van der Waals surface area contributed by atoms with Crippen molar-refractivity contribution < 1.29 is 14.3 Å². The van der Waals surface area contributed by atoms with Gasteiger partial charge in [0.25, 0.3) is 11.8 Å². The fourth-order valence-electron chi connectivity index (χ4n) is 3.62. The molecule has 3 aromatic carbocycles. The van der Waals surface area contributed by atoms with E-state index in [1.54, 1.807) is 30.5 Å². The number of halogens is 1. The van der Waals surface area contributed by atoms with E-state index in [4.69, 9.17) is 16.3 Å². The first-order valence-electron chi connectivity index (χ1n) is 10.5. The van der Waals surface area contributed by atoms with Gasteiger partial charge in [0.05, 0.1) is 12.8 Å². The van der Waals surface area contributed by atoms with Crippen LogP contribution in [0.3, 0.4) is 0 Å². The molecule has 1 heterocycles. The van der Waals surface area contributed by atoms with E-state index in [1.165, 1.54) is 16.3 Å². The van der Waals surface area contributed by atoms with Crippen LogP contribution in [0.25, 0.3) is 21.8 Å². The number of carbonyl (C=O) groups is 2. The van der Waals surface area contributed by atoms with Crippen LogP contribution in [-0.4, -0.2) is 35.7 Å². The predicted octanol–water partition coefficient (Wildman–Crippen LogP) is 4.11. The third-order valence-electron chi connectivity index (χ3n) is 5.15. The lowest BCUT2D eigenvalue weighted by molar-refractivity contribution is -0.127. The standard InChI is InChI=1S/C25H23ClN4O3/c1-2-30-22-6-4-3-5-20(22)21-12-7-17(13-23(21)30)14-28-29-24(31)15-27-25(32)16-33-19-10-8-18(26)9-11-19/h3-14H,2,15-16H2,1H3,(H,27,32)(H,29,31)/b28-14-. The van der Waals surface area contributed by atoms with Gasteiger partial charge >= 0.3 is 0 Å². The summed E-state index contributed by atoms with van der Waals surface area (Å²) < 4.78 is 7.59. The van der Waals surface area contributed by atoms with Gasteiger partial charge in [-0.3, -0.25) is 9.59 Å². The van der Waals surface area contributed by atoms with Gasteiger partial charge in [0.15, 0.2) is 6.61 Å². The predicted molar refractivity (Wildman–Crippen MR) is 131 cm³/mol. The Balaban J connectivity index is 1.30. The van der Waals surface area contributed by atoms with E-state index in [-0.39, 0.29) is 13.2 Å². The number of aryl methyl sites for hydroxylation is 1. The van der Waals surface area contributed by atoms with E-state index in [0.717, 1.165) is 17.6 Å². The molecule has 0 unspecified atom stereocenters. The quantitative estimate of drug-likeness (QED) is 0.305. The third-order valence-corrected chi connectivity index (χ3v) is 5.40. The van der Waals surface area contributed by atoms with Gasteiger partial charge in [0.2, 0.25) is 0 Å². The third kappa shape index (κ3) is 5.32. The Bertz CT molecular complexity index is 1330. The first kappa shape index (κ1) is 22.4. The maximum Gasteiger partial charge on any atom is 0.259 e. The molecule has 0 saturated carbocycles. The van der Waals surface area contributed by atoms with Crippen LogP contribution < -0.4 is 15.5 Å². The lowest BCUT2D eigenvalue weighted by Gasteiger charge is -2.07. The lowest BCUT2D eigenvalue weighted by Crippen LogP contribution is -2.37. The second-order valence-corrected chi connectivity index (χ2v) is 7.79. The number of carbonyl (C=O) groups excluding carboxylic acids is 2. The number of fused-ring (bicyclic) bond motifs is 3. The van der Waals surface area contributed by atoms with Crippen molar-refractivity contribution in [1.82, 2.24) is 15.3 Å². The summed E-state index contributed by atoms with van der Waals surface area (Å²) in [6.45, 7) is 2.55. The van der Waals surface area contributed by atoms with Crippen molar-refractivity contribution in [3.8, 4) is 5.75 Å². The molecule has 1 aromatic heterocycles. The summed E-state index contributed by atoms with van der Waals surface area (Å²) in [7, 11) is 0.